The number of methoxy groups -OCH3 is 2. The van der Waals surface area contributed by atoms with Crippen LogP contribution < -0.4 is 14.8 Å². The Labute approximate surface area is 186 Å². The molecule has 170 valence electrons. The van der Waals surface area contributed by atoms with Crippen LogP contribution >= 0.6 is 11.3 Å². The molecule has 1 amide bonds. The second-order valence-corrected chi connectivity index (χ2v) is 10.1. The van der Waals surface area contributed by atoms with Gasteiger partial charge in [0.25, 0.3) is 0 Å². The highest BCUT2D eigenvalue weighted by atomic mass is 32.2. The van der Waals surface area contributed by atoms with E-state index in [1.54, 1.807) is 0 Å². The van der Waals surface area contributed by atoms with Crippen molar-refractivity contribution in [2.45, 2.75) is 56.4 Å². The van der Waals surface area contributed by atoms with Crippen molar-refractivity contribution in [2.24, 2.45) is 0 Å². The molecule has 1 aromatic carbocycles. The molecule has 9 nitrogen and oxygen atoms in total. The molecule has 31 heavy (non-hydrogen) atoms. The topological polar surface area (TPSA) is 111 Å². The molecule has 0 bridgehead atoms. The van der Waals surface area contributed by atoms with Gasteiger partial charge in [-0.15, -0.1) is 10.2 Å². The van der Waals surface area contributed by atoms with E-state index in [1.807, 2.05) is 0 Å². The summed E-state index contributed by atoms with van der Waals surface area (Å²) in [5.74, 6) is 0.652. The molecular weight excluding hydrogens is 440 g/mol. The zero-order valence-electron chi connectivity index (χ0n) is 18.1. The zero-order chi connectivity index (χ0) is 22.6. The molecule has 2 heterocycles. The Bertz CT molecular complexity index is 1020. The monoisotopic (exact) mass is 468 g/mol. The van der Waals surface area contributed by atoms with Crippen molar-refractivity contribution in [1.29, 1.82) is 0 Å². The number of hydrogen-bond donors (Lipinski definition) is 1. The van der Waals surface area contributed by atoms with Crippen molar-refractivity contribution >= 4 is 32.4 Å². The minimum atomic E-state index is -3.89. The number of nitrogens with zero attached hydrogens (tertiary/aromatic N) is 3. The fourth-order valence-corrected chi connectivity index (χ4v) is 6.36. The maximum Gasteiger partial charge on any atom is 0.244 e. The molecule has 3 rings (SSSR count). The van der Waals surface area contributed by atoms with E-state index in [9.17, 15) is 13.2 Å². The number of benzene rings is 1. The first-order chi connectivity index (χ1) is 14.8. The van der Waals surface area contributed by atoms with Crippen LogP contribution in [0.1, 0.15) is 50.5 Å². The third-order valence-electron chi connectivity index (χ3n) is 5.47. The second kappa shape index (κ2) is 9.92. The van der Waals surface area contributed by atoms with Crippen LogP contribution in [-0.4, -0.2) is 55.6 Å². The molecule has 1 N–H and O–H groups in total. The summed E-state index contributed by atoms with van der Waals surface area (Å²) in [7, 11) is -0.971. The lowest BCUT2D eigenvalue weighted by molar-refractivity contribution is -0.119. The Balaban J connectivity index is 1.79. The number of ether oxygens (including phenoxy) is 2. The van der Waals surface area contributed by atoms with Crippen LogP contribution in [0.3, 0.4) is 0 Å². The molecule has 1 aliphatic heterocycles. The van der Waals surface area contributed by atoms with Crippen molar-refractivity contribution in [3.63, 3.8) is 0 Å². The molecule has 1 atom stereocenters. The number of rotatable bonds is 9. The summed E-state index contributed by atoms with van der Waals surface area (Å²) in [5, 5.41) is 12.3. The zero-order valence-corrected chi connectivity index (χ0v) is 19.8. The number of aromatic nitrogens is 2. The minimum absolute atomic E-state index is 0.0526. The number of carbonyl (C=O) groups excluding carboxylic acids is 1. The van der Waals surface area contributed by atoms with Gasteiger partial charge < -0.3 is 9.47 Å². The van der Waals surface area contributed by atoms with Gasteiger partial charge in [0.1, 0.15) is 11.0 Å². The molecule has 1 unspecified atom stereocenters. The summed E-state index contributed by atoms with van der Waals surface area (Å²) >= 11 is 1.34. The molecule has 0 radical (unpaired) electrons. The highest BCUT2D eigenvalue weighted by Gasteiger charge is 2.40. The molecule has 0 spiro atoms. The number of sulfonamides is 1. The summed E-state index contributed by atoms with van der Waals surface area (Å²) in [6.45, 7) is 4.44. The van der Waals surface area contributed by atoms with Gasteiger partial charge in [-0.2, -0.15) is 4.31 Å². The second-order valence-electron chi connectivity index (χ2n) is 7.24. The first kappa shape index (κ1) is 23.4. The lowest BCUT2D eigenvalue weighted by Gasteiger charge is -2.23. The van der Waals surface area contributed by atoms with E-state index in [4.69, 9.17) is 9.47 Å². The molecule has 0 saturated carbocycles. The summed E-state index contributed by atoms with van der Waals surface area (Å²) in [4.78, 5) is 13.0. The van der Waals surface area contributed by atoms with Gasteiger partial charge in [0.15, 0.2) is 11.5 Å². The Morgan fingerprint density at radius 1 is 1.23 bits per heavy atom. The van der Waals surface area contributed by atoms with Crippen molar-refractivity contribution in [2.75, 3.05) is 26.1 Å². The van der Waals surface area contributed by atoms with Gasteiger partial charge in [0.05, 0.1) is 19.1 Å². The first-order valence-electron chi connectivity index (χ1n) is 10.2. The first-order valence-corrected chi connectivity index (χ1v) is 12.5. The van der Waals surface area contributed by atoms with E-state index in [0.717, 1.165) is 17.8 Å². The predicted octanol–water partition coefficient (Wildman–Crippen LogP) is 3.25. The summed E-state index contributed by atoms with van der Waals surface area (Å²) in [5.41, 5.74) is 0. The van der Waals surface area contributed by atoms with Gasteiger partial charge in [-0.25, -0.2) is 8.42 Å². The van der Waals surface area contributed by atoms with Gasteiger partial charge in [-0.3, -0.25) is 10.1 Å². The molecule has 2 aromatic rings. The van der Waals surface area contributed by atoms with Crippen LogP contribution in [-0.2, 0) is 14.8 Å². The quantitative estimate of drug-likeness (QED) is 0.601. The minimum Gasteiger partial charge on any atom is -0.493 e. The lowest BCUT2D eigenvalue weighted by atomic mass is 10.1. The van der Waals surface area contributed by atoms with E-state index in [0.29, 0.717) is 35.4 Å². The molecular formula is C20H28N4O5S2. The molecule has 1 saturated heterocycles. The lowest BCUT2D eigenvalue weighted by Crippen LogP contribution is -2.43. The molecule has 1 aliphatic rings. The number of carbonyl (C=O) groups is 1. The maximum atomic E-state index is 13.3. The molecule has 1 aromatic heterocycles. The smallest absolute Gasteiger partial charge is 0.244 e. The highest BCUT2D eigenvalue weighted by molar-refractivity contribution is 7.89. The van der Waals surface area contributed by atoms with Crippen molar-refractivity contribution in [3.8, 4) is 11.5 Å². The third kappa shape index (κ3) is 4.83. The summed E-state index contributed by atoms with van der Waals surface area (Å²) in [6, 6.07) is 3.60. The molecule has 1 fully saturated rings. The fraction of sp³-hybridized carbons (Fsp3) is 0.550. The Morgan fingerprint density at radius 3 is 2.58 bits per heavy atom. The number of nitrogens with one attached hydrogen (secondary N) is 1. The van der Waals surface area contributed by atoms with Crippen LogP contribution in [0.2, 0.25) is 0 Å². The van der Waals surface area contributed by atoms with Crippen molar-refractivity contribution in [1.82, 2.24) is 14.5 Å². The van der Waals surface area contributed by atoms with E-state index < -0.39 is 22.0 Å². The van der Waals surface area contributed by atoms with E-state index in [1.165, 1.54) is 48.1 Å². The average molecular weight is 469 g/mol. The van der Waals surface area contributed by atoms with Crippen LogP contribution in [0.4, 0.5) is 5.13 Å². The van der Waals surface area contributed by atoms with Gasteiger partial charge in [0, 0.05) is 18.5 Å². The fourth-order valence-electron chi connectivity index (χ4n) is 3.68. The standard InChI is InChI=1S/C20H28N4O5S2/c1-5-13(6-2)19-22-23-20(30-19)21-18(25)15-8-7-11-24(15)31(26,27)14-9-10-16(28-3)17(12-14)29-4/h9-10,12-13,15H,5-8,11H2,1-4H3,(H,21,23,25). The Morgan fingerprint density at radius 2 is 1.94 bits per heavy atom. The van der Waals surface area contributed by atoms with Crippen LogP contribution in [0.15, 0.2) is 23.1 Å². The number of amides is 1. The van der Waals surface area contributed by atoms with E-state index >= 15 is 0 Å². The van der Waals surface area contributed by atoms with Crippen molar-refractivity contribution in [3.05, 3.63) is 23.2 Å². The normalized spacial score (nSPS) is 17.1. The number of hydrogen-bond acceptors (Lipinski definition) is 8. The maximum absolute atomic E-state index is 13.3. The SMILES string of the molecule is CCC(CC)c1nnc(NC(=O)C2CCCN2S(=O)(=O)c2ccc(OC)c(OC)c2)s1. The van der Waals surface area contributed by atoms with Gasteiger partial charge >= 0.3 is 0 Å². The van der Waals surface area contributed by atoms with Crippen LogP contribution in [0, 0.1) is 0 Å². The predicted molar refractivity (Wildman–Crippen MR) is 118 cm³/mol. The van der Waals surface area contributed by atoms with Crippen LogP contribution in [0.5, 0.6) is 11.5 Å². The van der Waals surface area contributed by atoms with Gasteiger partial charge in [-0.1, -0.05) is 25.2 Å². The Kier molecular flexibility index (Phi) is 7.50. The summed E-state index contributed by atoms with van der Waals surface area (Å²) < 4.78 is 38.2. The van der Waals surface area contributed by atoms with E-state index in [-0.39, 0.29) is 11.4 Å². The largest absolute Gasteiger partial charge is 0.493 e. The highest BCUT2D eigenvalue weighted by Crippen LogP contribution is 2.34. The average Bonchev–Trinajstić information content (AvgIpc) is 3.44. The number of anilines is 1. The third-order valence-corrected chi connectivity index (χ3v) is 8.38. The summed E-state index contributed by atoms with van der Waals surface area (Å²) in [6.07, 6.45) is 2.92. The van der Waals surface area contributed by atoms with Crippen LogP contribution in [0.25, 0.3) is 0 Å². The molecule has 0 aliphatic carbocycles. The Hall–Kier alpha value is -2.24. The molecule has 11 heteroatoms. The van der Waals surface area contributed by atoms with E-state index in [2.05, 4.69) is 29.4 Å². The van der Waals surface area contributed by atoms with Gasteiger partial charge in [0.2, 0.25) is 21.1 Å². The van der Waals surface area contributed by atoms with Crippen molar-refractivity contribution < 1.29 is 22.7 Å². The van der Waals surface area contributed by atoms with Gasteiger partial charge in [-0.05, 0) is 37.8 Å².